The van der Waals surface area contributed by atoms with E-state index in [1.165, 1.54) is 5.69 Å². The van der Waals surface area contributed by atoms with Crippen molar-refractivity contribution in [3.8, 4) is 5.75 Å². The molecular formula is C21H26ClN3O2. The summed E-state index contributed by atoms with van der Waals surface area (Å²) in [6, 6.07) is 14.9. The topological polar surface area (TPSA) is 44.8 Å². The Balaban J connectivity index is 1.60. The Morgan fingerprint density at radius 2 is 1.59 bits per heavy atom. The highest BCUT2D eigenvalue weighted by atomic mass is 35.5. The number of anilines is 2. The number of halogens is 1. The van der Waals surface area contributed by atoms with E-state index in [-0.39, 0.29) is 5.91 Å². The third-order valence-electron chi connectivity index (χ3n) is 4.73. The molecule has 0 saturated carbocycles. The molecule has 1 fully saturated rings. The van der Waals surface area contributed by atoms with E-state index in [0.717, 1.165) is 31.9 Å². The lowest BCUT2D eigenvalue weighted by atomic mass is 10.1. The highest BCUT2D eigenvalue weighted by molar-refractivity contribution is 6.30. The lowest BCUT2D eigenvalue weighted by Crippen LogP contribution is -2.44. The second-order valence-corrected chi connectivity index (χ2v) is 7.79. The first-order valence-corrected chi connectivity index (χ1v) is 9.51. The Morgan fingerprint density at radius 1 is 1.00 bits per heavy atom. The summed E-state index contributed by atoms with van der Waals surface area (Å²) < 4.78 is 5.84. The van der Waals surface area contributed by atoms with Gasteiger partial charge < -0.3 is 19.9 Å². The van der Waals surface area contributed by atoms with Gasteiger partial charge in [0.1, 0.15) is 5.75 Å². The molecule has 0 aromatic heterocycles. The molecule has 0 spiro atoms. The summed E-state index contributed by atoms with van der Waals surface area (Å²) in [6.07, 6.45) is 0. The summed E-state index contributed by atoms with van der Waals surface area (Å²) in [5.41, 5.74) is 0.924. The normalized spacial score (nSPS) is 15.5. The van der Waals surface area contributed by atoms with Gasteiger partial charge in [-0.3, -0.25) is 4.79 Å². The molecule has 0 aliphatic carbocycles. The van der Waals surface area contributed by atoms with Crippen LogP contribution in [0.1, 0.15) is 13.8 Å². The number of benzene rings is 2. The van der Waals surface area contributed by atoms with Crippen molar-refractivity contribution >= 4 is 28.9 Å². The standard InChI is InChI=1S/C21H26ClN3O2/c1-21(2,27-19-10-4-16(22)5-11-19)20(26)23-17-6-8-18(9-7-17)25-14-12-24(3)13-15-25/h4-11H,12-15H2,1-3H3,(H,23,26). The number of ether oxygens (including phenoxy) is 1. The molecule has 1 aliphatic heterocycles. The number of nitrogens with one attached hydrogen (secondary N) is 1. The monoisotopic (exact) mass is 387 g/mol. The van der Waals surface area contributed by atoms with E-state index in [0.29, 0.717) is 10.8 Å². The summed E-state index contributed by atoms with van der Waals surface area (Å²) in [4.78, 5) is 17.3. The van der Waals surface area contributed by atoms with Crippen molar-refractivity contribution in [3.05, 3.63) is 53.6 Å². The Kier molecular flexibility index (Phi) is 5.92. The van der Waals surface area contributed by atoms with Crippen LogP contribution in [-0.2, 0) is 4.79 Å². The quantitative estimate of drug-likeness (QED) is 0.845. The maximum atomic E-state index is 12.7. The van der Waals surface area contributed by atoms with Crippen molar-refractivity contribution in [1.29, 1.82) is 0 Å². The smallest absolute Gasteiger partial charge is 0.267 e. The minimum atomic E-state index is -1.01. The minimum Gasteiger partial charge on any atom is -0.478 e. The van der Waals surface area contributed by atoms with Crippen LogP contribution in [-0.4, -0.2) is 49.6 Å². The first-order chi connectivity index (χ1) is 12.8. The van der Waals surface area contributed by atoms with Gasteiger partial charge in [-0.2, -0.15) is 0 Å². The summed E-state index contributed by atoms with van der Waals surface area (Å²) in [5, 5.41) is 3.56. The van der Waals surface area contributed by atoms with Crippen molar-refractivity contribution in [3.63, 3.8) is 0 Å². The highest BCUT2D eigenvalue weighted by Crippen LogP contribution is 2.23. The molecule has 144 valence electrons. The van der Waals surface area contributed by atoms with Crippen molar-refractivity contribution < 1.29 is 9.53 Å². The molecule has 0 bridgehead atoms. The largest absolute Gasteiger partial charge is 0.478 e. The van der Waals surface area contributed by atoms with Crippen LogP contribution in [0, 0.1) is 0 Å². The molecular weight excluding hydrogens is 362 g/mol. The summed E-state index contributed by atoms with van der Waals surface area (Å²) >= 11 is 5.89. The Hall–Kier alpha value is -2.24. The molecule has 0 atom stereocenters. The summed E-state index contributed by atoms with van der Waals surface area (Å²) in [7, 11) is 2.14. The lowest BCUT2D eigenvalue weighted by Gasteiger charge is -2.34. The van der Waals surface area contributed by atoms with Crippen LogP contribution in [0.4, 0.5) is 11.4 Å². The number of amides is 1. The van der Waals surface area contributed by atoms with Crippen molar-refractivity contribution in [2.75, 3.05) is 43.4 Å². The van der Waals surface area contributed by atoms with Crippen LogP contribution >= 0.6 is 11.6 Å². The first kappa shape index (κ1) is 19.5. The van der Waals surface area contributed by atoms with E-state index < -0.39 is 5.60 Å². The van der Waals surface area contributed by atoms with Gasteiger partial charge in [-0.25, -0.2) is 0 Å². The number of piperazine rings is 1. The van der Waals surface area contributed by atoms with Gasteiger partial charge in [-0.15, -0.1) is 0 Å². The predicted octanol–water partition coefficient (Wildman–Crippen LogP) is 3.89. The summed E-state index contributed by atoms with van der Waals surface area (Å²) in [6.45, 7) is 7.66. The maximum absolute atomic E-state index is 12.7. The second-order valence-electron chi connectivity index (χ2n) is 7.36. The fourth-order valence-corrected chi connectivity index (χ4v) is 3.07. The van der Waals surface area contributed by atoms with Gasteiger partial charge >= 0.3 is 0 Å². The van der Waals surface area contributed by atoms with Gasteiger partial charge in [0.2, 0.25) is 0 Å². The fourth-order valence-electron chi connectivity index (χ4n) is 2.95. The van der Waals surface area contributed by atoms with Crippen LogP contribution in [0.15, 0.2) is 48.5 Å². The zero-order valence-corrected chi connectivity index (χ0v) is 16.8. The molecule has 1 saturated heterocycles. The van der Waals surface area contributed by atoms with Crippen LogP contribution in [0.2, 0.25) is 5.02 Å². The number of carbonyl (C=O) groups is 1. The molecule has 5 nitrogen and oxygen atoms in total. The number of carbonyl (C=O) groups excluding carboxylic acids is 1. The average Bonchev–Trinajstić information content (AvgIpc) is 2.65. The minimum absolute atomic E-state index is 0.204. The Morgan fingerprint density at radius 3 is 2.19 bits per heavy atom. The molecule has 1 heterocycles. The number of hydrogen-bond donors (Lipinski definition) is 1. The van der Waals surface area contributed by atoms with Gasteiger partial charge in [0.25, 0.3) is 5.91 Å². The van der Waals surface area contributed by atoms with Gasteiger partial charge in [0.15, 0.2) is 5.60 Å². The number of rotatable bonds is 5. The molecule has 27 heavy (non-hydrogen) atoms. The van der Waals surface area contributed by atoms with Crippen molar-refractivity contribution in [2.45, 2.75) is 19.4 Å². The third-order valence-corrected chi connectivity index (χ3v) is 4.98. The molecule has 1 amide bonds. The number of likely N-dealkylation sites (N-methyl/N-ethyl adjacent to an activating group) is 1. The van der Waals surface area contributed by atoms with E-state index in [9.17, 15) is 4.79 Å². The predicted molar refractivity (Wildman–Crippen MR) is 111 cm³/mol. The SMILES string of the molecule is CN1CCN(c2ccc(NC(=O)C(C)(C)Oc3ccc(Cl)cc3)cc2)CC1. The van der Waals surface area contributed by atoms with Crippen molar-refractivity contribution in [2.24, 2.45) is 0 Å². The fraction of sp³-hybridized carbons (Fsp3) is 0.381. The van der Waals surface area contributed by atoms with Gasteiger partial charge in [-0.1, -0.05) is 11.6 Å². The van der Waals surface area contributed by atoms with E-state index in [4.69, 9.17) is 16.3 Å². The molecule has 3 rings (SSSR count). The molecule has 1 aliphatic rings. The maximum Gasteiger partial charge on any atom is 0.267 e. The van der Waals surface area contributed by atoms with E-state index in [2.05, 4.69) is 22.2 Å². The molecule has 2 aromatic rings. The van der Waals surface area contributed by atoms with Crippen molar-refractivity contribution in [1.82, 2.24) is 4.90 Å². The van der Waals surface area contributed by atoms with Crippen LogP contribution in [0.25, 0.3) is 0 Å². The number of nitrogens with zero attached hydrogens (tertiary/aromatic N) is 2. The molecule has 1 N–H and O–H groups in total. The first-order valence-electron chi connectivity index (χ1n) is 9.13. The molecule has 6 heteroatoms. The number of hydrogen-bond acceptors (Lipinski definition) is 4. The zero-order valence-electron chi connectivity index (χ0n) is 16.0. The van der Waals surface area contributed by atoms with Crippen LogP contribution in [0.5, 0.6) is 5.75 Å². The zero-order chi connectivity index (χ0) is 19.4. The van der Waals surface area contributed by atoms with E-state index >= 15 is 0 Å². The van der Waals surface area contributed by atoms with Gasteiger partial charge in [0, 0.05) is 42.6 Å². The van der Waals surface area contributed by atoms with Crippen LogP contribution in [0.3, 0.4) is 0 Å². The Labute approximate surface area is 165 Å². The van der Waals surface area contributed by atoms with Crippen LogP contribution < -0.4 is 15.0 Å². The highest BCUT2D eigenvalue weighted by Gasteiger charge is 2.30. The van der Waals surface area contributed by atoms with E-state index in [1.807, 2.05) is 24.3 Å². The molecule has 0 unspecified atom stereocenters. The van der Waals surface area contributed by atoms with Gasteiger partial charge in [-0.05, 0) is 69.4 Å². The van der Waals surface area contributed by atoms with Gasteiger partial charge in [0.05, 0.1) is 0 Å². The third kappa shape index (κ3) is 5.15. The second kappa shape index (κ2) is 8.19. The molecule has 0 radical (unpaired) electrons. The Bertz CT molecular complexity index is 767. The van der Waals surface area contributed by atoms with E-state index in [1.54, 1.807) is 38.1 Å². The lowest BCUT2D eigenvalue weighted by molar-refractivity contribution is -0.128. The summed E-state index contributed by atoms with van der Waals surface area (Å²) in [5.74, 6) is 0.398. The molecule has 2 aromatic carbocycles. The average molecular weight is 388 g/mol.